The molecule has 0 unspecified atom stereocenters. The van der Waals surface area contributed by atoms with Crippen molar-refractivity contribution in [3.63, 3.8) is 0 Å². The number of anilines is 1. The average Bonchev–Trinajstić information content (AvgIpc) is 2.61. The standard InChI is InChI=1S/C17H16F6N4O/c18-16(19,20)12-6-7-24-14(8-12)27-15(28)26-10-13(17(21,22)23)25-9-11-4-2-1-3-5-11/h1-8,13,25H,9-10H2,(H2,24,26,27,28)/t13-/m1/s1. The molecule has 0 bridgehead atoms. The van der Waals surface area contributed by atoms with Crippen molar-refractivity contribution in [2.24, 2.45) is 0 Å². The van der Waals surface area contributed by atoms with Gasteiger partial charge < -0.3 is 10.6 Å². The summed E-state index contributed by atoms with van der Waals surface area (Å²) >= 11 is 0. The molecule has 2 aromatic rings. The first-order valence-corrected chi connectivity index (χ1v) is 7.98. The molecule has 0 radical (unpaired) electrons. The number of hydrogen-bond donors (Lipinski definition) is 3. The number of aromatic nitrogens is 1. The predicted molar refractivity (Wildman–Crippen MR) is 89.4 cm³/mol. The molecule has 28 heavy (non-hydrogen) atoms. The number of hydrogen-bond acceptors (Lipinski definition) is 3. The van der Waals surface area contributed by atoms with Crippen LogP contribution in [0, 0.1) is 0 Å². The van der Waals surface area contributed by atoms with Crippen molar-refractivity contribution in [2.75, 3.05) is 11.9 Å². The third kappa shape index (κ3) is 6.72. The van der Waals surface area contributed by atoms with Crippen LogP contribution in [0.4, 0.5) is 37.0 Å². The largest absolute Gasteiger partial charge is 0.416 e. The van der Waals surface area contributed by atoms with E-state index in [1.165, 1.54) is 0 Å². The van der Waals surface area contributed by atoms with Gasteiger partial charge in [-0.15, -0.1) is 0 Å². The quantitative estimate of drug-likeness (QED) is 0.637. The number of nitrogens with zero attached hydrogens (tertiary/aromatic N) is 1. The van der Waals surface area contributed by atoms with E-state index in [-0.39, 0.29) is 6.54 Å². The maximum absolute atomic E-state index is 13.1. The summed E-state index contributed by atoms with van der Waals surface area (Å²) in [5.74, 6) is -0.437. The van der Waals surface area contributed by atoms with E-state index in [4.69, 9.17) is 0 Å². The lowest BCUT2D eigenvalue weighted by Crippen LogP contribution is -2.50. The van der Waals surface area contributed by atoms with Crippen molar-refractivity contribution in [3.8, 4) is 0 Å². The summed E-state index contributed by atoms with van der Waals surface area (Å²) in [4.78, 5) is 15.3. The molecular weight excluding hydrogens is 390 g/mol. The van der Waals surface area contributed by atoms with Gasteiger partial charge in [0.1, 0.15) is 11.9 Å². The van der Waals surface area contributed by atoms with Crippen molar-refractivity contribution >= 4 is 11.8 Å². The van der Waals surface area contributed by atoms with Gasteiger partial charge in [-0.2, -0.15) is 26.3 Å². The number of alkyl halides is 6. The van der Waals surface area contributed by atoms with Crippen LogP contribution in [0.1, 0.15) is 11.1 Å². The summed E-state index contributed by atoms with van der Waals surface area (Å²) in [6, 6.07) is 6.47. The molecule has 1 heterocycles. The van der Waals surface area contributed by atoms with Crippen molar-refractivity contribution in [1.29, 1.82) is 0 Å². The van der Waals surface area contributed by atoms with E-state index < -0.39 is 42.4 Å². The Bertz CT molecular complexity index is 779. The van der Waals surface area contributed by atoms with Crippen LogP contribution in [-0.2, 0) is 12.7 Å². The fourth-order valence-corrected chi connectivity index (χ4v) is 2.17. The molecule has 1 aromatic carbocycles. The fraction of sp³-hybridized carbons (Fsp3) is 0.294. The highest BCUT2D eigenvalue weighted by Gasteiger charge is 2.39. The SMILES string of the molecule is O=C(NC[C@@H](NCc1ccccc1)C(F)(F)F)Nc1cc(C(F)(F)F)ccn1. The van der Waals surface area contributed by atoms with Crippen molar-refractivity contribution in [1.82, 2.24) is 15.6 Å². The van der Waals surface area contributed by atoms with Crippen molar-refractivity contribution in [2.45, 2.75) is 24.9 Å². The lowest BCUT2D eigenvalue weighted by Gasteiger charge is -2.22. The van der Waals surface area contributed by atoms with Crippen LogP contribution < -0.4 is 16.0 Å². The lowest BCUT2D eigenvalue weighted by molar-refractivity contribution is -0.154. The summed E-state index contributed by atoms with van der Waals surface area (Å²) in [6.07, 6.45) is -8.45. The highest BCUT2D eigenvalue weighted by molar-refractivity contribution is 5.88. The first-order chi connectivity index (χ1) is 13.1. The minimum absolute atomic E-state index is 0.0799. The van der Waals surface area contributed by atoms with Gasteiger partial charge in [0.25, 0.3) is 0 Å². The van der Waals surface area contributed by atoms with Crippen LogP contribution in [-0.4, -0.2) is 29.8 Å². The van der Waals surface area contributed by atoms with Gasteiger partial charge in [0.2, 0.25) is 0 Å². The first kappa shape index (κ1) is 21.5. The summed E-state index contributed by atoms with van der Waals surface area (Å²) in [6.45, 7) is -0.898. The maximum atomic E-state index is 13.1. The zero-order chi connectivity index (χ0) is 20.8. The lowest BCUT2D eigenvalue weighted by atomic mass is 10.2. The molecule has 0 aliphatic rings. The van der Waals surface area contributed by atoms with E-state index in [0.29, 0.717) is 17.7 Å². The maximum Gasteiger partial charge on any atom is 0.416 e. The smallest absolute Gasteiger partial charge is 0.336 e. The number of carbonyl (C=O) groups excluding carboxylic acids is 1. The Kier molecular flexibility index (Phi) is 6.84. The number of benzene rings is 1. The van der Waals surface area contributed by atoms with Crippen LogP contribution >= 0.6 is 0 Å². The van der Waals surface area contributed by atoms with E-state index in [1.807, 2.05) is 10.6 Å². The Morgan fingerprint density at radius 2 is 1.71 bits per heavy atom. The van der Waals surface area contributed by atoms with Gasteiger partial charge >= 0.3 is 18.4 Å². The number of amides is 2. The molecule has 0 saturated heterocycles. The number of nitrogens with one attached hydrogen (secondary N) is 3. The molecule has 2 amide bonds. The number of carbonyl (C=O) groups is 1. The predicted octanol–water partition coefficient (Wildman–Crippen LogP) is 3.94. The molecular formula is C17H16F6N4O. The Morgan fingerprint density at radius 3 is 2.32 bits per heavy atom. The third-order valence-corrected chi connectivity index (χ3v) is 3.59. The van der Waals surface area contributed by atoms with E-state index in [9.17, 15) is 31.1 Å². The highest BCUT2D eigenvalue weighted by atomic mass is 19.4. The molecule has 0 spiro atoms. The first-order valence-electron chi connectivity index (χ1n) is 7.98. The second kappa shape index (κ2) is 8.91. The van der Waals surface area contributed by atoms with Crippen LogP contribution in [0.15, 0.2) is 48.7 Å². The summed E-state index contributed by atoms with van der Waals surface area (Å²) in [5.41, 5.74) is -0.426. The minimum atomic E-state index is -4.64. The van der Waals surface area contributed by atoms with Crippen molar-refractivity contribution < 1.29 is 31.1 Å². The van der Waals surface area contributed by atoms with Crippen LogP contribution in [0.5, 0.6) is 0 Å². The summed E-state index contributed by atoms with van der Waals surface area (Å²) in [5, 5.41) is 6.25. The second-order valence-electron chi connectivity index (χ2n) is 5.72. The summed E-state index contributed by atoms with van der Waals surface area (Å²) < 4.78 is 77.2. The number of halogens is 6. The van der Waals surface area contributed by atoms with E-state index in [1.54, 1.807) is 30.3 Å². The molecule has 0 saturated carbocycles. The molecule has 3 N–H and O–H groups in total. The molecule has 1 aromatic heterocycles. The minimum Gasteiger partial charge on any atom is -0.336 e. The highest BCUT2D eigenvalue weighted by Crippen LogP contribution is 2.29. The molecule has 0 aliphatic heterocycles. The van der Waals surface area contributed by atoms with Gasteiger partial charge in [-0.3, -0.25) is 5.32 Å². The molecule has 0 aliphatic carbocycles. The Hall–Kier alpha value is -2.82. The van der Waals surface area contributed by atoms with Gasteiger partial charge in [-0.05, 0) is 17.7 Å². The monoisotopic (exact) mass is 406 g/mol. The Labute approximate surface area is 156 Å². The van der Waals surface area contributed by atoms with E-state index in [2.05, 4.69) is 10.3 Å². The van der Waals surface area contributed by atoms with E-state index in [0.717, 1.165) is 6.20 Å². The van der Waals surface area contributed by atoms with Crippen molar-refractivity contribution in [3.05, 3.63) is 59.8 Å². The zero-order valence-electron chi connectivity index (χ0n) is 14.2. The molecule has 2 rings (SSSR count). The van der Waals surface area contributed by atoms with Gasteiger partial charge in [0, 0.05) is 19.3 Å². The zero-order valence-corrected chi connectivity index (χ0v) is 14.2. The number of urea groups is 1. The Morgan fingerprint density at radius 1 is 1.04 bits per heavy atom. The molecule has 1 atom stereocenters. The summed E-state index contributed by atoms with van der Waals surface area (Å²) in [7, 11) is 0. The normalized spacial score (nSPS) is 13.1. The average molecular weight is 406 g/mol. The van der Waals surface area contributed by atoms with Crippen LogP contribution in [0.25, 0.3) is 0 Å². The fourth-order valence-electron chi connectivity index (χ4n) is 2.17. The molecule has 152 valence electrons. The van der Waals surface area contributed by atoms with E-state index >= 15 is 0 Å². The molecule has 5 nitrogen and oxygen atoms in total. The van der Waals surface area contributed by atoms with Gasteiger partial charge in [0.15, 0.2) is 0 Å². The third-order valence-electron chi connectivity index (χ3n) is 3.59. The Balaban J connectivity index is 1.92. The second-order valence-corrected chi connectivity index (χ2v) is 5.72. The number of rotatable bonds is 6. The number of pyridine rings is 1. The molecule has 0 fully saturated rings. The van der Waals surface area contributed by atoms with Gasteiger partial charge in [-0.1, -0.05) is 30.3 Å². The topological polar surface area (TPSA) is 66.1 Å². The van der Waals surface area contributed by atoms with Crippen LogP contribution in [0.2, 0.25) is 0 Å². The molecule has 11 heteroatoms. The van der Waals surface area contributed by atoms with Gasteiger partial charge in [0.05, 0.1) is 5.56 Å². The van der Waals surface area contributed by atoms with Crippen LogP contribution in [0.3, 0.4) is 0 Å². The van der Waals surface area contributed by atoms with Gasteiger partial charge in [-0.25, -0.2) is 9.78 Å².